The molecule has 1 saturated carbocycles. The van der Waals surface area contributed by atoms with Crippen molar-refractivity contribution in [1.29, 1.82) is 0 Å². The Morgan fingerprint density at radius 2 is 2.00 bits per heavy atom. The summed E-state index contributed by atoms with van der Waals surface area (Å²) >= 11 is 0. The number of hydrogen-bond donors (Lipinski definition) is 2. The van der Waals surface area contributed by atoms with Gasteiger partial charge in [0.25, 0.3) is 0 Å². The van der Waals surface area contributed by atoms with Crippen LogP contribution in [0.1, 0.15) is 45.4 Å². The SMILES string of the molecule is COC1(C(CCCS(C)(=O)=O)NN)CCC(C)CC1. The van der Waals surface area contributed by atoms with Crippen LogP contribution >= 0.6 is 0 Å². The van der Waals surface area contributed by atoms with E-state index in [0.717, 1.165) is 38.0 Å². The van der Waals surface area contributed by atoms with Crippen molar-refractivity contribution in [2.45, 2.75) is 57.1 Å². The molecule has 0 radical (unpaired) electrons. The van der Waals surface area contributed by atoms with E-state index < -0.39 is 9.84 Å². The number of hydrogen-bond acceptors (Lipinski definition) is 5. The maximum atomic E-state index is 11.2. The number of methoxy groups -OCH3 is 1. The molecule has 19 heavy (non-hydrogen) atoms. The molecule has 0 aromatic carbocycles. The van der Waals surface area contributed by atoms with Gasteiger partial charge in [0, 0.05) is 19.1 Å². The van der Waals surface area contributed by atoms with Gasteiger partial charge in [-0.25, -0.2) is 8.42 Å². The van der Waals surface area contributed by atoms with Crippen molar-refractivity contribution < 1.29 is 13.2 Å². The van der Waals surface area contributed by atoms with E-state index in [1.54, 1.807) is 7.11 Å². The van der Waals surface area contributed by atoms with E-state index >= 15 is 0 Å². The molecule has 0 heterocycles. The molecule has 1 rings (SSSR count). The zero-order valence-electron chi connectivity index (χ0n) is 12.3. The first-order chi connectivity index (χ1) is 8.83. The molecule has 0 saturated heterocycles. The van der Waals surface area contributed by atoms with Gasteiger partial charge >= 0.3 is 0 Å². The summed E-state index contributed by atoms with van der Waals surface area (Å²) in [6.07, 6.45) is 6.86. The smallest absolute Gasteiger partial charge is 0.147 e. The van der Waals surface area contributed by atoms with Gasteiger partial charge in [0.2, 0.25) is 0 Å². The van der Waals surface area contributed by atoms with E-state index in [1.807, 2.05) is 0 Å². The largest absolute Gasteiger partial charge is 0.377 e. The highest BCUT2D eigenvalue weighted by atomic mass is 32.2. The van der Waals surface area contributed by atoms with Gasteiger partial charge in [0.1, 0.15) is 9.84 Å². The molecule has 1 fully saturated rings. The minimum Gasteiger partial charge on any atom is -0.377 e. The molecular formula is C13H28N2O3S. The molecule has 0 amide bonds. The van der Waals surface area contributed by atoms with E-state index in [4.69, 9.17) is 10.6 Å². The Labute approximate surface area is 117 Å². The van der Waals surface area contributed by atoms with Crippen LogP contribution in [0.5, 0.6) is 0 Å². The van der Waals surface area contributed by atoms with Crippen LogP contribution in [0, 0.1) is 5.92 Å². The fraction of sp³-hybridized carbons (Fsp3) is 1.00. The Hall–Kier alpha value is -0.170. The average Bonchev–Trinajstić information content (AvgIpc) is 2.35. The van der Waals surface area contributed by atoms with Gasteiger partial charge < -0.3 is 4.74 Å². The first-order valence-electron chi connectivity index (χ1n) is 7.02. The first-order valence-corrected chi connectivity index (χ1v) is 9.08. The van der Waals surface area contributed by atoms with Crippen molar-refractivity contribution in [3.05, 3.63) is 0 Å². The van der Waals surface area contributed by atoms with Crippen molar-refractivity contribution in [2.24, 2.45) is 11.8 Å². The van der Waals surface area contributed by atoms with Crippen LogP contribution in [0.4, 0.5) is 0 Å². The lowest BCUT2D eigenvalue weighted by atomic mass is 9.74. The molecule has 5 nitrogen and oxygen atoms in total. The molecule has 0 bridgehead atoms. The summed E-state index contributed by atoms with van der Waals surface area (Å²) < 4.78 is 28.1. The van der Waals surface area contributed by atoms with Crippen LogP contribution < -0.4 is 11.3 Å². The maximum absolute atomic E-state index is 11.2. The van der Waals surface area contributed by atoms with Crippen molar-refractivity contribution in [3.63, 3.8) is 0 Å². The number of hydrazine groups is 1. The van der Waals surface area contributed by atoms with Gasteiger partial charge in [0.05, 0.1) is 11.6 Å². The number of ether oxygens (including phenoxy) is 1. The number of nitrogens with one attached hydrogen (secondary N) is 1. The Morgan fingerprint density at radius 3 is 2.42 bits per heavy atom. The molecule has 114 valence electrons. The zero-order chi connectivity index (χ0) is 14.5. The fourth-order valence-corrected chi connectivity index (χ4v) is 3.68. The molecule has 6 heteroatoms. The standard InChI is InChI=1S/C13H28N2O3S/c1-11-6-8-13(18-2,9-7-11)12(15-14)5-4-10-19(3,16)17/h11-12,15H,4-10,14H2,1-3H3. The molecule has 0 aliphatic heterocycles. The zero-order valence-corrected chi connectivity index (χ0v) is 13.1. The topological polar surface area (TPSA) is 81.4 Å². The van der Waals surface area contributed by atoms with E-state index in [-0.39, 0.29) is 17.4 Å². The van der Waals surface area contributed by atoms with Crippen molar-refractivity contribution >= 4 is 9.84 Å². The predicted octanol–water partition coefficient (Wildman–Crippen LogP) is 1.24. The third-order valence-corrected chi connectivity index (χ3v) is 5.40. The molecule has 1 unspecified atom stereocenters. The third-order valence-electron chi connectivity index (χ3n) is 4.37. The molecule has 0 aromatic rings. The third kappa shape index (κ3) is 5.02. The highest BCUT2D eigenvalue weighted by molar-refractivity contribution is 7.90. The minimum atomic E-state index is -2.90. The summed E-state index contributed by atoms with van der Waals surface area (Å²) in [6, 6.07) is 0.0201. The predicted molar refractivity (Wildman–Crippen MR) is 77.4 cm³/mol. The van der Waals surface area contributed by atoms with Crippen LogP contribution in [-0.4, -0.2) is 39.2 Å². The summed E-state index contributed by atoms with van der Waals surface area (Å²) in [4.78, 5) is 0. The van der Waals surface area contributed by atoms with Crippen molar-refractivity contribution in [2.75, 3.05) is 19.1 Å². The van der Waals surface area contributed by atoms with Crippen LogP contribution in [0.15, 0.2) is 0 Å². The molecule has 1 aliphatic carbocycles. The van der Waals surface area contributed by atoms with Crippen LogP contribution in [-0.2, 0) is 14.6 Å². The number of nitrogens with two attached hydrogens (primary N) is 1. The second kappa shape index (κ2) is 7.02. The van der Waals surface area contributed by atoms with Crippen LogP contribution in [0.25, 0.3) is 0 Å². The summed E-state index contributed by atoms with van der Waals surface area (Å²) in [7, 11) is -1.17. The van der Waals surface area contributed by atoms with Gasteiger partial charge in [0.15, 0.2) is 0 Å². The van der Waals surface area contributed by atoms with E-state index in [2.05, 4.69) is 12.3 Å². The van der Waals surface area contributed by atoms with E-state index in [1.165, 1.54) is 6.26 Å². The molecule has 3 N–H and O–H groups in total. The molecule has 1 aliphatic rings. The number of rotatable bonds is 7. The number of sulfone groups is 1. The van der Waals surface area contributed by atoms with Gasteiger partial charge in [-0.2, -0.15) is 0 Å². The van der Waals surface area contributed by atoms with Crippen LogP contribution in [0.3, 0.4) is 0 Å². The Balaban J connectivity index is 2.60. The van der Waals surface area contributed by atoms with Gasteiger partial charge in [-0.15, -0.1) is 0 Å². The Morgan fingerprint density at radius 1 is 1.42 bits per heavy atom. The summed E-state index contributed by atoms with van der Waals surface area (Å²) in [5.74, 6) is 6.61. The molecule has 1 atom stereocenters. The van der Waals surface area contributed by atoms with Crippen molar-refractivity contribution in [3.8, 4) is 0 Å². The Kier molecular flexibility index (Phi) is 6.23. The van der Waals surface area contributed by atoms with E-state index in [9.17, 15) is 8.42 Å². The quantitative estimate of drug-likeness (QED) is 0.545. The average molecular weight is 292 g/mol. The van der Waals surface area contributed by atoms with Gasteiger partial charge in [-0.3, -0.25) is 11.3 Å². The van der Waals surface area contributed by atoms with Crippen LogP contribution in [0.2, 0.25) is 0 Å². The summed E-state index contributed by atoms with van der Waals surface area (Å²) in [5, 5.41) is 0. The molecule has 0 aromatic heterocycles. The Bertz CT molecular complexity index is 362. The first kappa shape index (κ1) is 16.9. The lowest BCUT2D eigenvalue weighted by Gasteiger charge is -2.43. The van der Waals surface area contributed by atoms with E-state index in [0.29, 0.717) is 6.42 Å². The lowest BCUT2D eigenvalue weighted by Crippen LogP contribution is -2.56. The summed E-state index contributed by atoms with van der Waals surface area (Å²) in [6.45, 7) is 2.26. The van der Waals surface area contributed by atoms with Gasteiger partial charge in [-0.05, 0) is 44.4 Å². The monoisotopic (exact) mass is 292 g/mol. The highest BCUT2D eigenvalue weighted by Crippen LogP contribution is 2.37. The lowest BCUT2D eigenvalue weighted by molar-refractivity contribution is -0.0766. The second-order valence-electron chi connectivity index (χ2n) is 5.94. The maximum Gasteiger partial charge on any atom is 0.147 e. The second-order valence-corrected chi connectivity index (χ2v) is 8.20. The summed E-state index contributed by atoms with van der Waals surface area (Å²) in [5.41, 5.74) is 2.61. The van der Waals surface area contributed by atoms with Crippen molar-refractivity contribution in [1.82, 2.24) is 5.43 Å². The molecule has 0 spiro atoms. The normalized spacial score (nSPS) is 30.2. The highest BCUT2D eigenvalue weighted by Gasteiger charge is 2.40. The van der Waals surface area contributed by atoms with Gasteiger partial charge in [-0.1, -0.05) is 6.92 Å². The fourth-order valence-electron chi connectivity index (χ4n) is 2.99. The molecular weight excluding hydrogens is 264 g/mol. The minimum absolute atomic E-state index is 0.0201.